The summed E-state index contributed by atoms with van der Waals surface area (Å²) in [6.07, 6.45) is 1.03. The van der Waals surface area contributed by atoms with E-state index in [1.54, 1.807) is 0 Å². The Hall–Kier alpha value is -0.120. The molecular formula is C11H22O3. The van der Waals surface area contributed by atoms with Crippen molar-refractivity contribution in [3.8, 4) is 0 Å². The fourth-order valence-corrected chi connectivity index (χ4v) is 1.45. The molecule has 0 aliphatic carbocycles. The zero-order chi connectivity index (χ0) is 10.7. The molecule has 0 aromatic rings. The van der Waals surface area contributed by atoms with E-state index in [-0.39, 0.29) is 5.41 Å². The highest BCUT2D eigenvalue weighted by Gasteiger charge is 2.38. The van der Waals surface area contributed by atoms with E-state index in [4.69, 9.17) is 14.2 Å². The van der Waals surface area contributed by atoms with Gasteiger partial charge in [-0.25, -0.2) is 0 Å². The molecule has 0 radical (unpaired) electrons. The lowest BCUT2D eigenvalue weighted by Crippen LogP contribution is -2.48. The van der Waals surface area contributed by atoms with Crippen molar-refractivity contribution in [1.82, 2.24) is 0 Å². The van der Waals surface area contributed by atoms with E-state index in [1.807, 2.05) is 20.8 Å². The predicted molar refractivity (Wildman–Crippen MR) is 55.2 cm³/mol. The fourth-order valence-electron chi connectivity index (χ4n) is 1.45. The Morgan fingerprint density at radius 1 is 1.14 bits per heavy atom. The number of ether oxygens (including phenoxy) is 3. The SMILES string of the molecule is CCOCC1(CC)COC(C)(C)OC1. The minimum absolute atomic E-state index is 0.0610. The Kier molecular flexibility index (Phi) is 3.93. The van der Waals surface area contributed by atoms with Gasteiger partial charge >= 0.3 is 0 Å². The van der Waals surface area contributed by atoms with Crippen molar-refractivity contribution < 1.29 is 14.2 Å². The van der Waals surface area contributed by atoms with Gasteiger partial charge in [0.1, 0.15) is 0 Å². The van der Waals surface area contributed by atoms with Crippen molar-refractivity contribution in [3.63, 3.8) is 0 Å². The molecule has 0 saturated carbocycles. The largest absolute Gasteiger partial charge is 0.381 e. The number of rotatable bonds is 4. The van der Waals surface area contributed by atoms with Gasteiger partial charge in [-0.3, -0.25) is 0 Å². The van der Waals surface area contributed by atoms with Crippen LogP contribution in [0.5, 0.6) is 0 Å². The Morgan fingerprint density at radius 3 is 2.14 bits per heavy atom. The van der Waals surface area contributed by atoms with Crippen LogP contribution in [-0.2, 0) is 14.2 Å². The summed E-state index contributed by atoms with van der Waals surface area (Å²) in [6, 6.07) is 0. The first-order chi connectivity index (χ1) is 6.54. The van der Waals surface area contributed by atoms with Crippen LogP contribution in [0, 0.1) is 5.41 Å². The average molecular weight is 202 g/mol. The summed E-state index contributed by atoms with van der Waals surface area (Å²) in [5.41, 5.74) is 0.0610. The second kappa shape index (κ2) is 4.60. The van der Waals surface area contributed by atoms with Gasteiger partial charge in [0, 0.05) is 12.0 Å². The van der Waals surface area contributed by atoms with Gasteiger partial charge in [0.05, 0.1) is 19.8 Å². The summed E-state index contributed by atoms with van der Waals surface area (Å²) in [6.45, 7) is 11.0. The highest BCUT2D eigenvalue weighted by Crippen LogP contribution is 2.32. The lowest BCUT2D eigenvalue weighted by atomic mass is 9.87. The van der Waals surface area contributed by atoms with Crippen molar-refractivity contribution in [1.29, 1.82) is 0 Å². The van der Waals surface area contributed by atoms with Crippen LogP contribution in [0.4, 0.5) is 0 Å². The van der Waals surface area contributed by atoms with Gasteiger partial charge in [-0.2, -0.15) is 0 Å². The second-order valence-corrected chi connectivity index (χ2v) is 4.47. The number of hydrogen-bond donors (Lipinski definition) is 0. The summed E-state index contributed by atoms with van der Waals surface area (Å²) >= 11 is 0. The van der Waals surface area contributed by atoms with Crippen LogP contribution < -0.4 is 0 Å². The van der Waals surface area contributed by atoms with E-state index in [0.29, 0.717) is 0 Å². The Morgan fingerprint density at radius 2 is 1.71 bits per heavy atom. The third-order valence-corrected chi connectivity index (χ3v) is 2.81. The number of hydrogen-bond acceptors (Lipinski definition) is 3. The minimum Gasteiger partial charge on any atom is -0.381 e. The minimum atomic E-state index is -0.426. The van der Waals surface area contributed by atoms with E-state index in [1.165, 1.54) is 0 Å². The van der Waals surface area contributed by atoms with E-state index >= 15 is 0 Å². The van der Waals surface area contributed by atoms with Gasteiger partial charge in [0.25, 0.3) is 0 Å². The normalized spacial score (nSPS) is 24.9. The third kappa shape index (κ3) is 2.94. The van der Waals surface area contributed by atoms with Crippen LogP contribution in [0.15, 0.2) is 0 Å². The highest BCUT2D eigenvalue weighted by molar-refractivity contribution is 4.82. The molecule has 3 nitrogen and oxygen atoms in total. The first kappa shape index (κ1) is 12.0. The molecule has 84 valence electrons. The van der Waals surface area contributed by atoms with E-state index in [0.717, 1.165) is 32.8 Å². The van der Waals surface area contributed by atoms with Gasteiger partial charge in [0.2, 0.25) is 0 Å². The van der Waals surface area contributed by atoms with Gasteiger partial charge in [-0.05, 0) is 27.2 Å². The van der Waals surface area contributed by atoms with Crippen molar-refractivity contribution in [3.05, 3.63) is 0 Å². The van der Waals surface area contributed by atoms with Crippen LogP contribution >= 0.6 is 0 Å². The molecule has 0 amide bonds. The average Bonchev–Trinajstić information content (AvgIpc) is 2.18. The van der Waals surface area contributed by atoms with Crippen LogP contribution in [0.25, 0.3) is 0 Å². The van der Waals surface area contributed by atoms with Crippen LogP contribution in [0.3, 0.4) is 0 Å². The molecule has 1 saturated heterocycles. The second-order valence-electron chi connectivity index (χ2n) is 4.47. The molecule has 1 fully saturated rings. The third-order valence-electron chi connectivity index (χ3n) is 2.81. The predicted octanol–water partition coefficient (Wildman–Crippen LogP) is 2.20. The van der Waals surface area contributed by atoms with Crippen LogP contribution in [0.1, 0.15) is 34.1 Å². The first-order valence-electron chi connectivity index (χ1n) is 5.39. The zero-order valence-electron chi connectivity index (χ0n) is 9.76. The molecule has 3 heteroatoms. The lowest BCUT2D eigenvalue weighted by molar-refractivity contribution is -0.292. The van der Waals surface area contributed by atoms with Crippen LogP contribution in [0.2, 0.25) is 0 Å². The molecule has 1 aliphatic heterocycles. The molecule has 0 bridgehead atoms. The van der Waals surface area contributed by atoms with E-state index in [9.17, 15) is 0 Å². The van der Waals surface area contributed by atoms with Crippen molar-refractivity contribution in [2.45, 2.75) is 39.9 Å². The Balaban J connectivity index is 2.48. The molecule has 14 heavy (non-hydrogen) atoms. The molecule has 0 aromatic heterocycles. The maximum absolute atomic E-state index is 5.67. The summed E-state index contributed by atoms with van der Waals surface area (Å²) in [7, 11) is 0. The summed E-state index contributed by atoms with van der Waals surface area (Å²) < 4.78 is 16.8. The molecule has 0 aromatic carbocycles. The molecule has 1 rings (SSSR count). The van der Waals surface area contributed by atoms with E-state index < -0.39 is 5.79 Å². The molecule has 1 heterocycles. The molecule has 0 N–H and O–H groups in total. The van der Waals surface area contributed by atoms with Gasteiger partial charge in [-0.15, -0.1) is 0 Å². The van der Waals surface area contributed by atoms with Gasteiger partial charge in [0.15, 0.2) is 5.79 Å². The molecule has 0 spiro atoms. The highest BCUT2D eigenvalue weighted by atomic mass is 16.7. The molecule has 0 atom stereocenters. The summed E-state index contributed by atoms with van der Waals surface area (Å²) in [5.74, 6) is -0.426. The van der Waals surface area contributed by atoms with Crippen molar-refractivity contribution >= 4 is 0 Å². The van der Waals surface area contributed by atoms with Crippen molar-refractivity contribution in [2.24, 2.45) is 5.41 Å². The zero-order valence-corrected chi connectivity index (χ0v) is 9.76. The van der Waals surface area contributed by atoms with Gasteiger partial charge in [-0.1, -0.05) is 6.92 Å². The molecule has 0 unspecified atom stereocenters. The smallest absolute Gasteiger partial charge is 0.162 e. The summed E-state index contributed by atoms with van der Waals surface area (Å²) in [4.78, 5) is 0. The van der Waals surface area contributed by atoms with Crippen LogP contribution in [-0.4, -0.2) is 32.2 Å². The fraction of sp³-hybridized carbons (Fsp3) is 1.00. The lowest BCUT2D eigenvalue weighted by Gasteiger charge is -2.42. The Labute approximate surface area is 86.7 Å². The first-order valence-corrected chi connectivity index (χ1v) is 5.39. The quantitative estimate of drug-likeness (QED) is 0.699. The van der Waals surface area contributed by atoms with E-state index in [2.05, 4.69) is 6.92 Å². The molecular weight excluding hydrogens is 180 g/mol. The summed E-state index contributed by atoms with van der Waals surface area (Å²) in [5, 5.41) is 0. The monoisotopic (exact) mass is 202 g/mol. The Bertz CT molecular complexity index is 167. The standard InChI is InChI=1S/C11H22O3/c1-5-11(7-12-6-2)8-13-10(3,4)14-9-11/h5-9H2,1-4H3. The van der Waals surface area contributed by atoms with Gasteiger partial charge < -0.3 is 14.2 Å². The maximum atomic E-state index is 5.67. The van der Waals surface area contributed by atoms with Crippen molar-refractivity contribution in [2.75, 3.05) is 26.4 Å². The molecule has 1 aliphatic rings. The topological polar surface area (TPSA) is 27.7 Å². The maximum Gasteiger partial charge on any atom is 0.162 e.